The summed E-state index contributed by atoms with van der Waals surface area (Å²) >= 11 is 0. The molecule has 102 valence electrons. The number of hydrogen-bond donors (Lipinski definition) is 1. The maximum atomic E-state index is 4.07. The average molecular weight is 247 g/mol. The monoisotopic (exact) mass is 247 g/mol. The Balaban J connectivity index is 1.47. The van der Waals surface area contributed by atoms with E-state index in [1.165, 1.54) is 51.5 Å². The normalized spacial score (nSPS) is 47.5. The lowest BCUT2D eigenvalue weighted by Gasteiger charge is -2.44. The van der Waals surface area contributed by atoms with E-state index < -0.39 is 0 Å². The Kier molecular flexibility index (Phi) is 2.18. The fourth-order valence-electron chi connectivity index (χ4n) is 5.70. The minimum atomic E-state index is 0.534. The van der Waals surface area contributed by atoms with Crippen molar-refractivity contribution in [3.63, 3.8) is 0 Å². The maximum absolute atomic E-state index is 4.07. The molecule has 1 N–H and O–H groups in total. The molecule has 4 aliphatic carbocycles. The van der Waals surface area contributed by atoms with Crippen LogP contribution in [-0.4, -0.2) is 12.6 Å². The summed E-state index contributed by atoms with van der Waals surface area (Å²) in [6.07, 6.45) is 10.5. The first kappa shape index (κ1) is 11.8. The molecule has 3 atom stereocenters. The van der Waals surface area contributed by atoms with Crippen molar-refractivity contribution in [2.45, 2.75) is 71.8 Å². The zero-order valence-electron chi connectivity index (χ0n) is 12.4. The van der Waals surface area contributed by atoms with Crippen molar-refractivity contribution >= 4 is 0 Å². The number of hydrogen-bond acceptors (Lipinski definition) is 1. The fourth-order valence-corrected chi connectivity index (χ4v) is 5.70. The third-order valence-corrected chi connectivity index (χ3v) is 7.26. The van der Waals surface area contributed by atoms with Crippen LogP contribution in [0.2, 0.25) is 0 Å². The van der Waals surface area contributed by atoms with Gasteiger partial charge in [0, 0.05) is 12.6 Å². The molecular formula is C17H29N. The van der Waals surface area contributed by atoms with Crippen molar-refractivity contribution in [1.29, 1.82) is 0 Å². The molecule has 4 saturated carbocycles. The van der Waals surface area contributed by atoms with Crippen LogP contribution < -0.4 is 5.32 Å². The van der Waals surface area contributed by atoms with Crippen molar-refractivity contribution in [3.05, 3.63) is 0 Å². The van der Waals surface area contributed by atoms with E-state index in [4.69, 9.17) is 0 Å². The Morgan fingerprint density at radius 2 is 1.67 bits per heavy atom. The molecule has 0 aromatic carbocycles. The van der Waals surface area contributed by atoms with Crippen molar-refractivity contribution in [3.8, 4) is 0 Å². The van der Waals surface area contributed by atoms with Crippen molar-refractivity contribution in [1.82, 2.24) is 5.32 Å². The Labute approximate surface area is 112 Å². The predicted octanol–water partition coefficient (Wildman–Crippen LogP) is 3.98. The Morgan fingerprint density at radius 1 is 0.944 bits per heavy atom. The smallest absolute Gasteiger partial charge is 0.0175 e. The minimum Gasteiger partial charge on any atom is -0.312 e. The highest BCUT2D eigenvalue weighted by molar-refractivity contribution is 5.13. The summed E-state index contributed by atoms with van der Waals surface area (Å²) < 4.78 is 0. The van der Waals surface area contributed by atoms with E-state index in [1.807, 2.05) is 0 Å². The van der Waals surface area contributed by atoms with Crippen LogP contribution in [0.15, 0.2) is 0 Å². The van der Waals surface area contributed by atoms with Gasteiger partial charge in [0.25, 0.3) is 0 Å². The molecule has 2 bridgehead atoms. The topological polar surface area (TPSA) is 12.0 Å². The molecule has 0 heterocycles. The van der Waals surface area contributed by atoms with Gasteiger partial charge in [-0.2, -0.15) is 0 Å². The van der Waals surface area contributed by atoms with Crippen LogP contribution in [0.25, 0.3) is 0 Å². The zero-order chi connectivity index (χ0) is 12.6. The molecule has 0 aromatic rings. The minimum absolute atomic E-state index is 0.534. The molecule has 0 amide bonds. The van der Waals surface area contributed by atoms with Gasteiger partial charge in [0.05, 0.1) is 0 Å². The maximum Gasteiger partial charge on any atom is 0.0175 e. The van der Waals surface area contributed by atoms with Gasteiger partial charge in [0.15, 0.2) is 0 Å². The van der Waals surface area contributed by atoms with E-state index in [1.54, 1.807) is 0 Å². The molecule has 3 unspecified atom stereocenters. The highest BCUT2D eigenvalue weighted by Crippen LogP contribution is 2.64. The summed E-state index contributed by atoms with van der Waals surface area (Å²) in [5, 5.41) is 4.07. The van der Waals surface area contributed by atoms with Gasteiger partial charge >= 0.3 is 0 Å². The first-order chi connectivity index (χ1) is 8.46. The molecule has 1 nitrogen and oxygen atoms in total. The van der Waals surface area contributed by atoms with Gasteiger partial charge in [-0.15, -0.1) is 0 Å². The third-order valence-electron chi connectivity index (χ3n) is 7.26. The summed E-state index contributed by atoms with van der Waals surface area (Å²) in [6, 6.07) is 0.778. The Hall–Kier alpha value is -0.0400. The van der Waals surface area contributed by atoms with Crippen LogP contribution in [0.4, 0.5) is 0 Å². The molecule has 0 saturated heterocycles. The van der Waals surface area contributed by atoms with Gasteiger partial charge < -0.3 is 5.32 Å². The first-order valence-electron chi connectivity index (χ1n) is 8.20. The molecule has 1 heteroatoms. The predicted molar refractivity (Wildman–Crippen MR) is 75.4 cm³/mol. The largest absolute Gasteiger partial charge is 0.312 e. The molecule has 4 fully saturated rings. The highest BCUT2D eigenvalue weighted by atomic mass is 15.0. The van der Waals surface area contributed by atoms with Crippen molar-refractivity contribution in [2.24, 2.45) is 28.1 Å². The lowest BCUT2D eigenvalue weighted by Crippen LogP contribution is -2.51. The summed E-state index contributed by atoms with van der Waals surface area (Å²) in [5.74, 6) is 2.08. The summed E-state index contributed by atoms with van der Waals surface area (Å²) in [4.78, 5) is 0. The van der Waals surface area contributed by atoms with Crippen LogP contribution in [-0.2, 0) is 0 Å². The van der Waals surface area contributed by atoms with Crippen LogP contribution in [0.5, 0.6) is 0 Å². The fraction of sp³-hybridized carbons (Fsp3) is 1.00. The molecule has 0 aromatic heterocycles. The molecule has 18 heavy (non-hydrogen) atoms. The van der Waals surface area contributed by atoms with E-state index in [0.29, 0.717) is 10.8 Å². The number of nitrogens with one attached hydrogen (secondary N) is 1. The third kappa shape index (κ3) is 1.49. The van der Waals surface area contributed by atoms with E-state index in [-0.39, 0.29) is 0 Å². The van der Waals surface area contributed by atoms with Gasteiger partial charge in [-0.1, -0.05) is 20.8 Å². The van der Waals surface area contributed by atoms with Crippen LogP contribution in [0.1, 0.15) is 65.7 Å². The SMILES string of the molecule is CC12CCC(C1)C(C)(C)C2NCC1(C2CC2)CC1. The van der Waals surface area contributed by atoms with Gasteiger partial charge in [0.2, 0.25) is 0 Å². The van der Waals surface area contributed by atoms with Crippen molar-refractivity contribution < 1.29 is 0 Å². The van der Waals surface area contributed by atoms with Gasteiger partial charge in [-0.3, -0.25) is 0 Å². The second kappa shape index (κ2) is 3.34. The second-order valence-electron chi connectivity index (χ2n) is 8.87. The number of fused-ring (bicyclic) bond motifs is 2. The van der Waals surface area contributed by atoms with Gasteiger partial charge in [-0.05, 0) is 73.0 Å². The summed E-state index contributed by atoms with van der Waals surface area (Å²) in [5.41, 5.74) is 1.90. The lowest BCUT2D eigenvalue weighted by molar-refractivity contribution is 0.102. The molecule has 4 rings (SSSR count). The van der Waals surface area contributed by atoms with E-state index in [9.17, 15) is 0 Å². The Bertz CT molecular complexity index is 359. The van der Waals surface area contributed by atoms with Gasteiger partial charge in [0.1, 0.15) is 0 Å². The number of rotatable bonds is 4. The molecule has 4 aliphatic rings. The van der Waals surface area contributed by atoms with E-state index in [0.717, 1.165) is 23.3 Å². The van der Waals surface area contributed by atoms with Crippen LogP contribution >= 0.6 is 0 Å². The first-order valence-corrected chi connectivity index (χ1v) is 8.20. The summed E-state index contributed by atoms with van der Waals surface area (Å²) in [7, 11) is 0. The van der Waals surface area contributed by atoms with Crippen LogP contribution in [0, 0.1) is 28.1 Å². The quantitative estimate of drug-likeness (QED) is 0.792. The molecule has 0 aliphatic heterocycles. The second-order valence-corrected chi connectivity index (χ2v) is 8.87. The van der Waals surface area contributed by atoms with E-state index in [2.05, 4.69) is 26.1 Å². The molecular weight excluding hydrogens is 218 g/mol. The van der Waals surface area contributed by atoms with Gasteiger partial charge in [-0.25, -0.2) is 0 Å². The standard InChI is InChI=1S/C17H29N/c1-15(2)13-6-7-16(3,10-13)14(15)18-11-17(8-9-17)12-4-5-12/h12-14,18H,4-11H2,1-3H3. The Morgan fingerprint density at radius 3 is 2.17 bits per heavy atom. The molecule has 0 radical (unpaired) electrons. The zero-order valence-corrected chi connectivity index (χ0v) is 12.4. The van der Waals surface area contributed by atoms with Crippen molar-refractivity contribution in [2.75, 3.05) is 6.54 Å². The van der Waals surface area contributed by atoms with E-state index >= 15 is 0 Å². The lowest BCUT2D eigenvalue weighted by atomic mass is 9.68. The highest BCUT2D eigenvalue weighted by Gasteiger charge is 2.60. The van der Waals surface area contributed by atoms with Crippen LogP contribution in [0.3, 0.4) is 0 Å². The summed E-state index contributed by atoms with van der Waals surface area (Å²) in [6.45, 7) is 8.93. The molecule has 0 spiro atoms. The average Bonchev–Trinajstić information content (AvgIpc) is 3.16.